The molecule has 18 heavy (non-hydrogen) atoms. The van der Waals surface area contributed by atoms with Gasteiger partial charge in [0.05, 0.1) is 10.7 Å². The van der Waals surface area contributed by atoms with Gasteiger partial charge in [0, 0.05) is 26.2 Å². The van der Waals surface area contributed by atoms with Gasteiger partial charge in [0.2, 0.25) is 0 Å². The summed E-state index contributed by atoms with van der Waals surface area (Å²) in [5.74, 6) is -0.214. The number of anilines is 1. The third kappa shape index (κ3) is 2.78. The Balaban J connectivity index is 2.37. The third-order valence-corrected chi connectivity index (χ3v) is 3.60. The Morgan fingerprint density at radius 3 is 2.33 bits per heavy atom. The van der Waals surface area contributed by atoms with Gasteiger partial charge in [-0.15, -0.1) is 0 Å². The van der Waals surface area contributed by atoms with Crippen LogP contribution in [0.3, 0.4) is 0 Å². The molecule has 1 fully saturated rings. The van der Waals surface area contributed by atoms with E-state index in [0.29, 0.717) is 10.7 Å². The molecule has 1 heterocycles. The number of hydrogen-bond donors (Lipinski definition) is 1. The summed E-state index contributed by atoms with van der Waals surface area (Å²) in [4.78, 5) is 2.01. The predicted molar refractivity (Wildman–Crippen MR) is 75.2 cm³/mol. The van der Waals surface area contributed by atoms with E-state index in [0.717, 1.165) is 31.7 Å². The zero-order chi connectivity index (χ0) is 13.3. The normalized spacial score (nSPS) is 17.1. The molecule has 0 amide bonds. The second-order valence-corrected chi connectivity index (χ2v) is 6.18. The molecule has 1 aromatic carbocycles. The van der Waals surface area contributed by atoms with Crippen LogP contribution in [0.15, 0.2) is 12.1 Å². The zero-order valence-electron chi connectivity index (χ0n) is 11.2. The van der Waals surface area contributed by atoms with Crippen molar-refractivity contribution >= 4 is 17.3 Å². The molecule has 1 N–H and O–H groups in total. The molecular weight excluding hydrogens is 251 g/mol. The Morgan fingerprint density at radius 1 is 1.22 bits per heavy atom. The van der Waals surface area contributed by atoms with Gasteiger partial charge in [-0.1, -0.05) is 32.4 Å². The maximum Gasteiger partial charge on any atom is 0.148 e. The van der Waals surface area contributed by atoms with Crippen molar-refractivity contribution < 1.29 is 4.39 Å². The van der Waals surface area contributed by atoms with Gasteiger partial charge >= 0.3 is 0 Å². The van der Waals surface area contributed by atoms with Crippen LogP contribution in [-0.4, -0.2) is 26.2 Å². The molecule has 2 rings (SSSR count). The van der Waals surface area contributed by atoms with Crippen molar-refractivity contribution in [2.45, 2.75) is 26.2 Å². The van der Waals surface area contributed by atoms with Gasteiger partial charge in [0.1, 0.15) is 5.82 Å². The molecule has 100 valence electrons. The zero-order valence-corrected chi connectivity index (χ0v) is 11.9. The number of halogens is 2. The summed E-state index contributed by atoms with van der Waals surface area (Å²) in [7, 11) is 0. The quantitative estimate of drug-likeness (QED) is 0.843. The van der Waals surface area contributed by atoms with Crippen molar-refractivity contribution in [2.75, 3.05) is 31.1 Å². The Hall–Kier alpha value is -0.800. The molecule has 0 radical (unpaired) electrons. The molecule has 0 saturated carbocycles. The number of hydrogen-bond acceptors (Lipinski definition) is 2. The van der Waals surface area contributed by atoms with Crippen molar-refractivity contribution in [3.8, 4) is 0 Å². The second kappa shape index (κ2) is 5.06. The van der Waals surface area contributed by atoms with Crippen molar-refractivity contribution in [3.63, 3.8) is 0 Å². The smallest absolute Gasteiger partial charge is 0.148 e. The van der Waals surface area contributed by atoms with Gasteiger partial charge in [-0.05, 0) is 23.1 Å². The van der Waals surface area contributed by atoms with E-state index in [2.05, 4.69) is 26.1 Å². The molecule has 0 bridgehead atoms. The summed E-state index contributed by atoms with van der Waals surface area (Å²) in [5, 5.41) is 3.77. The van der Waals surface area contributed by atoms with Gasteiger partial charge in [-0.25, -0.2) is 4.39 Å². The maximum absolute atomic E-state index is 14.3. The van der Waals surface area contributed by atoms with Crippen LogP contribution in [0.2, 0.25) is 5.02 Å². The highest BCUT2D eigenvalue weighted by Gasteiger charge is 2.22. The van der Waals surface area contributed by atoms with Crippen LogP contribution in [0.4, 0.5) is 10.1 Å². The Labute approximate surface area is 113 Å². The fourth-order valence-electron chi connectivity index (χ4n) is 2.19. The highest BCUT2D eigenvalue weighted by atomic mass is 35.5. The van der Waals surface area contributed by atoms with Crippen molar-refractivity contribution in [1.29, 1.82) is 0 Å². The topological polar surface area (TPSA) is 15.3 Å². The fraction of sp³-hybridized carbons (Fsp3) is 0.571. The van der Waals surface area contributed by atoms with Crippen LogP contribution in [0, 0.1) is 5.82 Å². The van der Waals surface area contributed by atoms with E-state index >= 15 is 0 Å². The molecule has 0 unspecified atom stereocenters. The minimum Gasteiger partial charge on any atom is -0.365 e. The van der Waals surface area contributed by atoms with Crippen LogP contribution in [0.25, 0.3) is 0 Å². The average molecular weight is 271 g/mol. The molecule has 1 aliphatic heterocycles. The van der Waals surface area contributed by atoms with E-state index in [-0.39, 0.29) is 11.2 Å². The number of nitrogens with one attached hydrogen (secondary N) is 1. The van der Waals surface area contributed by atoms with E-state index in [9.17, 15) is 4.39 Å². The van der Waals surface area contributed by atoms with Gasteiger partial charge in [0.25, 0.3) is 0 Å². The Bertz CT molecular complexity index is 411. The highest BCUT2D eigenvalue weighted by molar-refractivity contribution is 6.33. The third-order valence-electron chi connectivity index (χ3n) is 3.32. The van der Waals surface area contributed by atoms with Gasteiger partial charge in [-0.2, -0.15) is 0 Å². The number of benzene rings is 1. The standard InChI is InChI=1S/C14H20ClFN2/c1-14(2,3)10-8-11(15)13(12(16)9-10)18-6-4-17-5-7-18/h8-9,17H,4-7H2,1-3H3. The molecule has 1 aliphatic rings. The Kier molecular flexibility index (Phi) is 3.83. The van der Waals surface area contributed by atoms with E-state index in [1.54, 1.807) is 6.07 Å². The summed E-state index contributed by atoms with van der Waals surface area (Å²) in [5.41, 5.74) is 1.39. The number of nitrogens with zero attached hydrogens (tertiary/aromatic N) is 1. The summed E-state index contributed by atoms with van der Waals surface area (Å²) in [6, 6.07) is 3.51. The first-order valence-corrected chi connectivity index (χ1v) is 6.72. The van der Waals surface area contributed by atoms with Gasteiger partial charge in [-0.3, -0.25) is 0 Å². The average Bonchev–Trinajstić information content (AvgIpc) is 2.28. The molecule has 0 spiro atoms. The van der Waals surface area contributed by atoms with E-state index < -0.39 is 0 Å². The van der Waals surface area contributed by atoms with Crippen LogP contribution < -0.4 is 10.2 Å². The van der Waals surface area contributed by atoms with E-state index in [1.807, 2.05) is 11.0 Å². The molecule has 1 aromatic rings. The molecule has 4 heteroatoms. The molecular formula is C14H20ClFN2. The first-order chi connectivity index (χ1) is 8.39. The maximum atomic E-state index is 14.3. The lowest BCUT2D eigenvalue weighted by Crippen LogP contribution is -2.44. The van der Waals surface area contributed by atoms with E-state index in [1.165, 1.54) is 0 Å². The first kappa shape index (κ1) is 13.6. The van der Waals surface area contributed by atoms with Crippen LogP contribution in [0.1, 0.15) is 26.3 Å². The molecule has 0 aliphatic carbocycles. The number of piperazine rings is 1. The molecule has 1 saturated heterocycles. The molecule has 2 nitrogen and oxygen atoms in total. The summed E-state index contributed by atoms with van der Waals surface area (Å²) in [6.07, 6.45) is 0. The first-order valence-electron chi connectivity index (χ1n) is 6.35. The summed E-state index contributed by atoms with van der Waals surface area (Å²) in [6.45, 7) is 9.51. The lowest BCUT2D eigenvalue weighted by molar-refractivity contribution is 0.554. The van der Waals surface area contributed by atoms with Crippen LogP contribution in [0.5, 0.6) is 0 Å². The summed E-state index contributed by atoms with van der Waals surface area (Å²) < 4.78 is 14.3. The minimum absolute atomic E-state index is 0.0908. The Morgan fingerprint density at radius 2 is 1.83 bits per heavy atom. The largest absolute Gasteiger partial charge is 0.365 e. The lowest BCUT2D eigenvalue weighted by Gasteiger charge is -2.31. The predicted octanol–water partition coefficient (Wildman–Crippen LogP) is 3.19. The van der Waals surface area contributed by atoms with Crippen LogP contribution >= 0.6 is 11.6 Å². The van der Waals surface area contributed by atoms with Crippen molar-refractivity contribution in [3.05, 3.63) is 28.5 Å². The van der Waals surface area contributed by atoms with Crippen molar-refractivity contribution in [1.82, 2.24) is 5.32 Å². The molecule has 0 aromatic heterocycles. The molecule has 0 atom stereocenters. The fourth-order valence-corrected chi connectivity index (χ4v) is 2.52. The van der Waals surface area contributed by atoms with Crippen LogP contribution in [-0.2, 0) is 5.41 Å². The summed E-state index contributed by atoms with van der Waals surface area (Å²) >= 11 is 6.27. The van der Waals surface area contributed by atoms with Gasteiger partial charge in [0.15, 0.2) is 0 Å². The SMILES string of the molecule is CC(C)(C)c1cc(F)c(N2CCNCC2)c(Cl)c1. The number of rotatable bonds is 1. The lowest BCUT2D eigenvalue weighted by atomic mass is 9.87. The van der Waals surface area contributed by atoms with Gasteiger partial charge < -0.3 is 10.2 Å². The second-order valence-electron chi connectivity index (χ2n) is 5.78. The van der Waals surface area contributed by atoms with E-state index in [4.69, 9.17) is 11.6 Å². The monoisotopic (exact) mass is 270 g/mol. The highest BCUT2D eigenvalue weighted by Crippen LogP contribution is 2.34. The van der Waals surface area contributed by atoms with Crippen molar-refractivity contribution in [2.24, 2.45) is 0 Å². The minimum atomic E-state index is -0.214.